The van der Waals surface area contributed by atoms with E-state index in [-0.39, 0.29) is 66.7 Å². The Bertz CT molecular complexity index is 6530. The molecule has 6 N–H and O–H groups in total. The highest BCUT2D eigenvalue weighted by molar-refractivity contribution is 7.09. The van der Waals surface area contributed by atoms with E-state index >= 15 is 0 Å². The number of halogens is 2. The van der Waals surface area contributed by atoms with E-state index in [2.05, 4.69) is 117 Å². The number of nitrogens with one attached hydrogen (secondary N) is 6. The SMILES string of the molecule is C#CC1(C(=O)Nc2ccc3[nH]nc(-c4ccc(F)cc4)c3c2)CCN(CC(=O)N2CCC(c3nccs3)CC2)C1.C#CC1(C(=O)Nc2ccc3[nH]nc(-c4ccnc(C#N)c4)c3c2)CCN(CC(=O)N2CC=C(c3ccsc3)CC2)C1.CN(C)C1(C(=O)Nc2ccc3[nH]nc(-c4ccc(F)cc4)c3c2)CCN(CC(=O)N2CC=C(c3ccc(-c4ncccn4)cn3)CC2)C1. The summed E-state index contributed by atoms with van der Waals surface area (Å²) in [5.74, 6) is 5.41. The number of thiophene rings is 1. The summed E-state index contributed by atoms with van der Waals surface area (Å²) in [6, 6.07) is 42.2. The van der Waals surface area contributed by atoms with E-state index in [1.54, 1.807) is 102 Å². The molecule has 5 aromatic carbocycles. The molecule has 3 atom stereocenters. The third-order valence-corrected chi connectivity index (χ3v) is 26.8. The molecule has 4 fully saturated rings. The third-order valence-electron chi connectivity index (χ3n) is 25.2. The first-order chi connectivity index (χ1) is 62.7. The molecule has 652 valence electrons. The van der Waals surface area contributed by atoms with Gasteiger partial charge in [0.25, 0.3) is 0 Å². The van der Waals surface area contributed by atoms with Crippen molar-refractivity contribution in [2.24, 2.45) is 10.8 Å². The summed E-state index contributed by atoms with van der Waals surface area (Å²) in [7, 11) is 3.81. The first-order valence-corrected chi connectivity index (χ1v) is 44.5. The van der Waals surface area contributed by atoms with Crippen LogP contribution in [-0.2, 0) is 28.8 Å². The zero-order valence-corrected chi connectivity index (χ0v) is 72.7. The maximum Gasteiger partial charge on any atom is 0.246 e. The molecule has 0 spiro atoms. The lowest BCUT2D eigenvalue weighted by atomic mass is 9.87. The second kappa shape index (κ2) is 38.2. The molecule has 0 aliphatic carbocycles. The second-order valence-corrected chi connectivity index (χ2v) is 35.1. The molecule has 28 nitrogen and oxygen atoms in total. The van der Waals surface area contributed by atoms with E-state index in [0.717, 1.165) is 90.5 Å². The molecule has 0 saturated carbocycles. The van der Waals surface area contributed by atoms with Gasteiger partial charge in [-0.15, -0.1) is 24.2 Å². The Kier molecular flexibility index (Phi) is 25.7. The van der Waals surface area contributed by atoms with E-state index in [1.165, 1.54) is 35.4 Å². The van der Waals surface area contributed by atoms with Gasteiger partial charge in [-0.2, -0.15) is 31.9 Å². The van der Waals surface area contributed by atoms with Crippen molar-refractivity contribution in [3.8, 4) is 75.9 Å². The molecule has 0 radical (unpaired) electrons. The van der Waals surface area contributed by atoms with Crippen molar-refractivity contribution in [3.05, 3.63) is 232 Å². The van der Waals surface area contributed by atoms with E-state index in [4.69, 9.17) is 12.8 Å². The zero-order valence-electron chi connectivity index (χ0n) is 71.0. The Morgan fingerprint density at radius 3 is 1.49 bits per heavy atom. The summed E-state index contributed by atoms with van der Waals surface area (Å²) < 4.78 is 26.9. The van der Waals surface area contributed by atoms with Crippen LogP contribution in [0.25, 0.3) is 89.0 Å². The maximum absolute atomic E-state index is 13.9. The van der Waals surface area contributed by atoms with Crippen LogP contribution < -0.4 is 16.0 Å². The van der Waals surface area contributed by atoms with Crippen LogP contribution in [-0.4, -0.2) is 243 Å². The molecule has 6 amide bonds. The molecule has 6 aliphatic rings. The van der Waals surface area contributed by atoms with Gasteiger partial charge >= 0.3 is 0 Å². The number of pyridine rings is 2. The lowest BCUT2D eigenvalue weighted by Gasteiger charge is -2.35. The van der Waals surface area contributed by atoms with Gasteiger partial charge in [0.1, 0.15) is 45.5 Å². The number of piperidine rings is 1. The molecular weight excluding hydrogens is 1670 g/mol. The van der Waals surface area contributed by atoms with Gasteiger partial charge < -0.3 is 30.7 Å². The lowest BCUT2D eigenvalue weighted by Crippen LogP contribution is -2.56. The van der Waals surface area contributed by atoms with Crippen molar-refractivity contribution in [1.82, 2.24) is 89.8 Å². The topological polar surface area (TPSA) is 335 Å². The number of benzene rings is 5. The Balaban J connectivity index is 0.000000137. The number of aromatic amines is 3. The molecular formula is C97H92F2N22O6S2. The largest absolute Gasteiger partial charge is 0.342 e. The van der Waals surface area contributed by atoms with Gasteiger partial charge in [-0.05, 0) is 226 Å². The van der Waals surface area contributed by atoms with Gasteiger partial charge in [-0.1, -0.05) is 24.0 Å². The minimum absolute atomic E-state index is 0.0449. The quantitative estimate of drug-likeness (QED) is 0.0386. The highest BCUT2D eigenvalue weighted by Gasteiger charge is 2.49. The number of hydrogen-bond donors (Lipinski definition) is 6. The van der Waals surface area contributed by atoms with Crippen molar-refractivity contribution in [3.63, 3.8) is 0 Å². The van der Waals surface area contributed by atoms with Crippen LogP contribution in [0.4, 0.5) is 25.8 Å². The zero-order chi connectivity index (χ0) is 89.3. The summed E-state index contributed by atoms with van der Waals surface area (Å²) >= 11 is 3.35. The monoisotopic (exact) mass is 1760 g/mol. The molecule has 19 rings (SSSR count). The Labute approximate surface area is 751 Å². The highest BCUT2D eigenvalue weighted by Crippen LogP contribution is 2.40. The lowest BCUT2D eigenvalue weighted by molar-refractivity contribution is -0.134. The minimum atomic E-state index is -1.03. The van der Waals surface area contributed by atoms with Gasteiger partial charge in [0.2, 0.25) is 35.4 Å². The fourth-order valence-corrected chi connectivity index (χ4v) is 19.2. The van der Waals surface area contributed by atoms with E-state index in [9.17, 15) is 42.8 Å². The number of carbonyl (C=O) groups excluding carboxylic acids is 6. The van der Waals surface area contributed by atoms with Crippen molar-refractivity contribution < 1.29 is 37.5 Å². The van der Waals surface area contributed by atoms with Crippen LogP contribution in [0.5, 0.6) is 0 Å². The maximum atomic E-state index is 13.9. The number of terminal acetylenes is 2. The number of anilines is 3. The molecule has 8 aromatic heterocycles. The van der Waals surface area contributed by atoms with E-state index in [0.29, 0.717) is 156 Å². The number of aromatic nitrogens is 11. The molecule has 3 unspecified atom stereocenters. The number of amides is 6. The summed E-state index contributed by atoms with van der Waals surface area (Å²) in [6.45, 7) is 7.42. The molecule has 6 aliphatic heterocycles. The summed E-state index contributed by atoms with van der Waals surface area (Å²) in [5.41, 5.74) is 11.3. The Morgan fingerprint density at radius 2 is 1.02 bits per heavy atom. The number of carbonyl (C=O) groups is 6. The van der Waals surface area contributed by atoms with Gasteiger partial charge in [0.15, 0.2) is 5.82 Å². The van der Waals surface area contributed by atoms with Crippen LogP contribution in [0.15, 0.2) is 199 Å². The minimum Gasteiger partial charge on any atom is -0.342 e. The average Bonchev–Trinajstić information content (AvgIpc) is 1.65. The molecule has 129 heavy (non-hydrogen) atoms. The summed E-state index contributed by atoms with van der Waals surface area (Å²) in [4.78, 5) is 116. The van der Waals surface area contributed by atoms with Crippen LogP contribution in [0.2, 0.25) is 0 Å². The number of likely N-dealkylation sites (tertiary alicyclic amines) is 4. The Morgan fingerprint density at radius 1 is 0.512 bits per heavy atom. The van der Waals surface area contributed by atoms with E-state index < -0.39 is 16.4 Å². The predicted octanol–water partition coefficient (Wildman–Crippen LogP) is 13.1. The first-order valence-electron chi connectivity index (χ1n) is 42.7. The number of rotatable bonds is 20. The molecule has 4 saturated heterocycles. The van der Waals surface area contributed by atoms with Crippen molar-refractivity contribution in [2.45, 2.75) is 56.4 Å². The van der Waals surface area contributed by atoms with Gasteiger partial charge in [0, 0.05) is 176 Å². The van der Waals surface area contributed by atoms with Crippen LogP contribution in [0, 0.1) is 58.5 Å². The predicted molar refractivity (Wildman–Crippen MR) is 494 cm³/mol. The molecule has 0 bridgehead atoms. The first kappa shape index (κ1) is 86.9. The number of nitriles is 1. The number of hydrogen-bond acceptors (Lipinski definition) is 21. The number of thiazole rings is 1. The van der Waals surface area contributed by atoms with Crippen LogP contribution in [0.3, 0.4) is 0 Å². The standard InChI is InChI=1S/C36H36FN9O2.C31H27N7O2S.C30H29FN6O2S/c1-44(2)36(35(48)41-28-9-11-31-29(20-28)33(43-42-31)25-4-7-27(37)8-5-25)14-19-45(23-36)22-32(47)46-17-12-24(13-18-46)30-10-6-26(21-40-30)34-38-15-3-16-39-34;1-2-31(9-13-37(20-31)18-28(39)38-11-6-21(7-12-38)23-8-14-41-19-23)30(40)34-24-3-4-27-26(16-24)29(36-35-27)22-5-10-33-25(15-22)17-32;1-2-30(11-15-36(19-30)18-26(38)37-13-9-21(10-14-37)28-32-12-16-40-28)29(39)33-23-7-8-25-24(17-23)27(35-34-25)20-3-5-22(31)6-4-20/h3-12,15-16,20-21H,13-14,17-19,22-23H2,1-2H3,(H,41,48)(H,42,43);1,3-6,8,10,14-16,19H,7,9,11-13,18,20H2,(H,34,40)(H,35,36);1,3-8,12,16-17,21H,9-11,13-15,18-19H2,(H,33,39)(H,34,35). The smallest absolute Gasteiger partial charge is 0.246 e. The Hall–Kier alpha value is -14.2. The number of fused-ring (bicyclic) bond motifs is 3. The van der Waals surface area contributed by atoms with Crippen LogP contribution in [0.1, 0.15) is 72.8 Å². The van der Waals surface area contributed by atoms with Crippen molar-refractivity contribution >= 4 is 119 Å². The summed E-state index contributed by atoms with van der Waals surface area (Å²) in [5, 5.41) is 50.3. The average molecular weight is 1760 g/mol. The molecule has 13 aromatic rings. The van der Waals surface area contributed by atoms with Crippen molar-refractivity contribution in [2.75, 3.05) is 128 Å². The molecule has 14 heterocycles. The highest BCUT2D eigenvalue weighted by atomic mass is 32.1. The normalized spacial score (nSPS) is 19.1. The fraction of sp³-hybridized carbons (Fsp3) is 0.289. The third kappa shape index (κ3) is 19.1. The van der Waals surface area contributed by atoms with Gasteiger partial charge in [-0.3, -0.25) is 68.6 Å². The fourth-order valence-electron chi connectivity index (χ4n) is 17.7. The number of likely N-dealkylation sites (N-methyl/N-ethyl adjacent to an activating group) is 1. The summed E-state index contributed by atoms with van der Waals surface area (Å²) in [6.07, 6.45) is 29.6. The van der Waals surface area contributed by atoms with Crippen LogP contribution >= 0.6 is 22.7 Å². The van der Waals surface area contributed by atoms with Gasteiger partial charge in [-0.25, -0.2) is 28.7 Å². The second-order valence-electron chi connectivity index (χ2n) is 33.4. The van der Waals surface area contributed by atoms with Gasteiger partial charge in [0.05, 0.1) is 58.3 Å². The number of H-pyrrole nitrogens is 3. The molecule has 32 heteroatoms. The number of nitrogens with zero attached hydrogens (tertiary/aromatic N) is 16. The van der Waals surface area contributed by atoms with Crippen molar-refractivity contribution in [1.29, 1.82) is 5.26 Å². The van der Waals surface area contributed by atoms with E-state index in [1.807, 2.05) is 116 Å².